The number of anilines is 1. The Hall–Kier alpha value is -1.09. The molecule has 1 saturated heterocycles. The van der Waals surface area contributed by atoms with E-state index < -0.39 is 0 Å². The van der Waals surface area contributed by atoms with Gasteiger partial charge >= 0.3 is 0 Å². The minimum absolute atomic E-state index is 0.181. The molecule has 2 atom stereocenters. The van der Waals surface area contributed by atoms with E-state index in [1.165, 1.54) is 0 Å². The summed E-state index contributed by atoms with van der Waals surface area (Å²) >= 11 is 0. The van der Waals surface area contributed by atoms with E-state index in [1.807, 2.05) is 12.1 Å². The van der Waals surface area contributed by atoms with Gasteiger partial charge < -0.3 is 10.0 Å². The molecule has 0 spiro atoms. The fraction of sp³-hybridized carbons (Fsp3) is 0.545. The Morgan fingerprint density at radius 2 is 2.07 bits per heavy atom. The number of aromatic nitrogens is 1. The van der Waals surface area contributed by atoms with Crippen LogP contribution in [0.15, 0.2) is 24.5 Å². The summed E-state index contributed by atoms with van der Waals surface area (Å²) in [5, 5.41) is 9.60. The summed E-state index contributed by atoms with van der Waals surface area (Å²) < 4.78 is 0. The van der Waals surface area contributed by atoms with Crippen molar-refractivity contribution < 1.29 is 5.11 Å². The lowest BCUT2D eigenvalue weighted by atomic mass is 10.0. The van der Waals surface area contributed by atoms with Crippen LogP contribution >= 0.6 is 0 Å². The third kappa shape index (κ3) is 1.87. The monoisotopic (exact) mass is 192 g/mol. The van der Waals surface area contributed by atoms with E-state index in [0.29, 0.717) is 6.04 Å². The van der Waals surface area contributed by atoms with Crippen LogP contribution in [-0.2, 0) is 0 Å². The van der Waals surface area contributed by atoms with Gasteiger partial charge in [0.05, 0.1) is 6.10 Å². The predicted molar refractivity (Wildman–Crippen MR) is 56.3 cm³/mol. The third-order valence-corrected chi connectivity index (χ3v) is 2.85. The Balaban J connectivity index is 2.16. The van der Waals surface area contributed by atoms with Crippen molar-refractivity contribution in [3.63, 3.8) is 0 Å². The summed E-state index contributed by atoms with van der Waals surface area (Å²) in [6.07, 6.45) is 5.39. The van der Waals surface area contributed by atoms with Gasteiger partial charge in [-0.15, -0.1) is 0 Å². The zero-order valence-corrected chi connectivity index (χ0v) is 8.43. The Morgan fingerprint density at radius 3 is 2.79 bits per heavy atom. The van der Waals surface area contributed by atoms with Gasteiger partial charge in [0.2, 0.25) is 0 Å². The molecule has 0 aromatic carbocycles. The van der Waals surface area contributed by atoms with E-state index in [-0.39, 0.29) is 6.10 Å². The van der Waals surface area contributed by atoms with E-state index in [2.05, 4.69) is 16.8 Å². The number of rotatable bonds is 1. The van der Waals surface area contributed by atoms with Crippen molar-refractivity contribution in [2.75, 3.05) is 11.4 Å². The number of hydrogen-bond acceptors (Lipinski definition) is 3. The summed E-state index contributed by atoms with van der Waals surface area (Å²) in [7, 11) is 0. The van der Waals surface area contributed by atoms with E-state index >= 15 is 0 Å². The number of aliphatic hydroxyl groups excluding tert-OH is 1. The standard InChI is InChI=1S/C11H16N2O/c1-9-2-3-11(14)8-13(9)10-4-6-12-7-5-10/h4-7,9,11,14H,2-3,8H2,1H3. The average molecular weight is 192 g/mol. The van der Waals surface area contributed by atoms with Gasteiger partial charge in [0, 0.05) is 30.7 Å². The highest BCUT2D eigenvalue weighted by molar-refractivity contribution is 5.46. The summed E-state index contributed by atoms with van der Waals surface area (Å²) in [6, 6.07) is 4.50. The fourth-order valence-corrected chi connectivity index (χ4v) is 1.98. The summed E-state index contributed by atoms with van der Waals surface area (Å²) in [4.78, 5) is 6.24. The third-order valence-electron chi connectivity index (χ3n) is 2.85. The quantitative estimate of drug-likeness (QED) is 0.731. The second kappa shape index (κ2) is 3.96. The normalized spacial score (nSPS) is 27.7. The van der Waals surface area contributed by atoms with Crippen LogP contribution in [0.1, 0.15) is 19.8 Å². The molecule has 1 aliphatic heterocycles. The minimum Gasteiger partial charge on any atom is -0.391 e. The lowest BCUT2D eigenvalue weighted by molar-refractivity contribution is 0.144. The van der Waals surface area contributed by atoms with E-state index in [0.717, 1.165) is 25.1 Å². The second-order valence-electron chi connectivity index (χ2n) is 3.94. The summed E-state index contributed by atoms with van der Waals surface area (Å²) in [5.74, 6) is 0. The van der Waals surface area contributed by atoms with Gasteiger partial charge in [-0.1, -0.05) is 0 Å². The highest BCUT2D eigenvalue weighted by Gasteiger charge is 2.23. The molecule has 0 radical (unpaired) electrons. The van der Waals surface area contributed by atoms with Gasteiger partial charge in [0.15, 0.2) is 0 Å². The molecule has 0 bridgehead atoms. The van der Waals surface area contributed by atoms with Crippen molar-refractivity contribution in [3.8, 4) is 0 Å². The molecular formula is C11H16N2O. The van der Waals surface area contributed by atoms with Crippen molar-refractivity contribution in [1.29, 1.82) is 0 Å². The molecule has 2 heterocycles. The van der Waals surface area contributed by atoms with Crippen LogP contribution < -0.4 is 4.90 Å². The zero-order valence-electron chi connectivity index (χ0n) is 8.43. The van der Waals surface area contributed by atoms with Gasteiger partial charge in [0.1, 0.15) is 0 Å². The Labute approximate surface area is 84.4 Å². The molecule has 1 N–H and O–H groups in total. The van der Waals surface area contributed by atoms with Crippen molar-refractivity contribution in [1.82, 2.24) is 4.98 Å². The van der Waals surface area contributed by atoms with Gasteiger partial charge in [-0.05, 0) is 31.9 Å². The van der Waals surface area contributed by atoms with Crippen LogP contribution in [0.4, 0.5) is 5.69 Å². The van der Waals surface area contributed by atoms with Crippen LogP contribution in [0, 0.1) is 0 Å². The Morgan fingerprint density at radius 1 is 1.36 bits per heavy atom. The van der Waals surface area contributed by atoms with E-state index in [4.69, 9.17) is 0 Å². The summed E-state index contributed by atoms with van der Waals surface area (Å²) in [6.45, 7) is 2.94. The van der Waals surface area contributed by atoms with E-state index in [1.54, 1.807) is 12.4 Å². The number of aliphatic hydroxyl groups is 1. The largest absolute Gasteiger partial charge is 0.391 e. The molecule has 0 amide bonds. The SMILES string of the molecule is CC1CCC(O)CN1c1ccncc1. The van der Waals surface area contributed by atoms with Crippen LogP contribution in [0.5, 0.6) is 0 Å². The zero-order chi connectivity index (χ0) is 9.97. The van der Waals surface area contributed by atoms with Crippen molar-refractivity contribution >= 4 is 5.69 Å². The first-order valence-corrected chi connectivity index (χ1v) is 5.12. The van der Waals surface area contributed by atoms with Gasteiger partial charge in [0.25, 0.3) is 0 Å². The first-order chi connectivity index (χ1) is 6.77. The van der Waals surface area contributed by atoms with Crippen molar-refractivity contribution in [2.45, 2.75) is 31.9 Å². The minimum atomic E-state index is -0.181. The van der Waals surface area contributed by atoms with Gasteiger partial charge in [-0.25, -0.2) is 0 Å². The van der Waals surface area contributed by atoms with Crippen LogP contribution in [0.25, 0.3) is 0 Å². The molecule has 3 nitrogen and oxygen atoms in total. The number of pyridine rings is 1. The van der Waals surface area contributed by atoms with Crippen LogP contribution in [0.3, 0.4) is 0 Å². The lowest BCUT2D eigenvalue weighted by Gasteiger charge is -2.37. The second-order valence-corrected chi connectivity index (χ2v) is 3.94. The molecule has 2 rings (SSSR count). The highest BCUT2D eigenvalue weighted by Crippen LogP contribution is 2.23. The maximum atomic E-state index is 9.60. The van der Waals surface area contributed by atoms with Gasteiger partial charge in [-0.2, -0.15) is 0 Å². The van der Waals surface area contributed by atoms with E-state index in [9.17, 15) is 5.11 Å². The highest BCUT2D eigenvalue weighted by atomic mass is 16.3. The fourth-order valence-electron chi connectivity index (χ4n) is 1.98. The molecule has 1 fully saturated rings. The first-order valence-electron chi connectivity index (χ1n) is 5.12. The Bertz CT molecular complexity index is 289. The molecule has 14 heavy (non-hydrogen) atoms. The molecule has 2 unspecified atom stereocenters. The van der Waals surface area contributed by atoms with Crippen molar-refractivity contribution in [3.05, 3.63) is 24.5 Å². The van der Waals surface area contributed by atoms with Gasteiger partial charge in [-0.3, -0.25) is 4.98 Å². The summed E-state index contributed by atoms with van der Waals surface area (Å²) in [5.41, 5.74) is 1.16. The average Bonchev–Trinajstić information content (AvgIpc) is 2.23. The molecule has 0 aliphatic carbocycles. The molecular weight excluding hydrogens is 176 g/mol. The number of piperidine rings is 1. The lowest BCUT2D eigenvalue weighted by Crippen LogP contribution is -2.44. The molecule has 1 aliphatic rings. The topological polar surface area (TPSA) is 36.4 Å². The number of hydrogen-bond donors (Lipinski definition) is 1. The molecule has 1 aromatic rings. The molecule has 1 aromatic heterocycles. The number of nitrogens with zero attached hydrogens (tertiary/aromatic N) is 2. The maximum absolute atomic E-state index is 9.60. The molecule has 76 valence electrons. The maximum Gasteiger partial charge on any atom is 0.0716 e. The molecule has 0 saturated carbocycles. The predicted octanol–water partition coefficient (Wildman–Crippen LogP) is 1.43. The van der Waals surface area contributed by atoms with Crippen LogP contribution in [-0.4, -0.2) is 28.8 Å². The Kier molecular flexibility index (Phi) is 2.68. The molecule has 3 heteroatoms. The van der Waals surface area contributed by atoms with Crippen molar-refractivity contribution in [2.24, 2.45) is 0 Å². The van der Waals surface area contributed by atoms with Crippen LogP contribution in [0.2, 0.25) is 0 Å². The smallest absolute Gasteiger partial charge is 0.0716 e. The number of β-amino-alcohol motifs (C(OH)–C–C–N with tert-alkyl or cyclic N) is 1. The first kappa shape index (κ1) is 9.46.